The molecule has 0 heterocycles. The maximum absolute atomic E-state index is 13.6. The van der Waals surface area contributed by atoms with Gasteiger partial charge in [-0.1, -0.05) is 13.0 Å². The molecule has 0 amide bonds. The van der Waals surface area contributed by atoms with Crippen LogP contribution in [0.5, 0.6) is 5.75 Å². The summed E-state index contributed by atoms with van der Waals surface area (Å²) < 4.78 is 23.3. The van der Waals surface area contributed by atoms with E-state index in [1.165, 1.54) is 13.2 Å². The zero-order chi connectivity index (χ0) is 15.8. The molecular weight excluding hydrogens is 283 g/mol. The Morgan fingerprint density at radius 2 is 2.24 bits per heavy atom. The summed E-state index contributed by atoms with van der Waals surface area (Å²) in [5.41, 5.74) is -0.451. The van der Waals surface area contributed by atoms with Crippen LogP contribution in [0, 0.1) is 15.9 Å². The summed E-state index contributed by atoms with van der Waals surface area (Å²) in [4.78, 5) is 21.5. The SMILES string of the molecule is CCNC(CCOc1c(F)cccc1[N+](=O)[O-])C(=O)OC. The number of ether oxygens (including phenoxy) is 2. The van der Waals surface area contributed by atoms with Gasteiger partial charge in [-0.05, 0) is 12.6 Å². The molecule has 0 spiro atoms. The lowest BCUT2D eigenvalue weighted by molar-refractivity contribution is -0.386. The summed E-state index contributed by atoms with van der Waals surface area (Å²) in [5, 5.41) is 13.7. The number of rotatable bonds is 8. The van der Waals surface area contributed by atoms with Crippen LogP contribution < -0.4 is 10.1 Å². The molecule has 0 fully saturated rings. The first-order chi connectivity index (χ1) is 10.0. The van der Waals surface area contributed by atoms with Gasteiger partial charge in [-0.3, -0.25) is 14.9 Å². The van der Waals surface area contributed by atoms with E-state index in [4.69, 9.17) is 4.74 Å². The van der Waals surface area contributed by atoms with E-state index in [0.29, 0.717) is 6.54 Å². The van der Waals surface area contributed by atoms with Crippen molar-refractivity contribution in [2.45, 2.75) is 19.4 Å². The molecule has 7 nitrogen and oxygen atoms in total. The molecule has 8 heteroatoms. The summed E-state index contributed by atoms with van der Waals surface area (Å²) in [6, 6.07) is 2.85. The Balaban J connectivity index is 2.71. The molecule has 0 radical (unpaired) electrons. The number of halogens is 1. The van der Waals surface area contributed by atoms with E-state index in [1.807, 2.05) is 6.92 Å². The number of benzene rings is 1. The molecule has 116 valence electrons. The fourth-order valence-corrected chi connectivity index (χ4v) is 1.75. The van der Waals surface area contributed by atoms with E-state index in [1.54, 1.807) is 0 Å². The van der Waals surface area contributed by atoms with Gasteiger partial charge in [-0.15, -0.1) is 0 Å². The molecule has 0 aliphatic heterocycles. The van der Waals surface area contributed by atoms with Crippen LogP contribution >= 0.6 is 0 Å². The van der Waals surface area contributed by atoms with Crippen LogP contribution in [-0.2, 0) is 9.53 Å². The van der Waals surface area contributed by atoms with Crippen LogP contribution in [0.1, 0.15) is 13.3 Å². The summed E-state index contributed by atoms with van der Waals surface area (Å²) in [6.07, 6.45) is 0.200. The minimum atomic E-state index is -0.817. The molecule has 1 aromatic rings. The van der Waals surface area contributed by atoms with Gasteiger partial charge in [0.25, 0.3) is 0 Å². The van der Waals surface area contributed by atoms with Crippen molar-refractivity contribution in [3.63, 3.8) is 0 Å². The first-order valence-electron chi connectivity index (χ1n) is 6.38. The van der Waals surface area contributed by atoms with Crippen LogP contribution in [0.15, 0.2) is 18.2 Å². The lowest BCUT2D eigenvalue weighted by atomic mass is 10.2. The summed E-state index contributed by atoms with van der Waals surface area (Å²) >= 11 is 0. The molecule has 0 aromatic heterocycles. The number of esters is 1. The van der Waals surface area contributed by atoms with Crippen LogP contribution in [0.2, 0.25) is 0 Å². The highest BCUT2D eigenvalue weighted by Crippen LogP contribution is 2.29. The van der Waals surface area contributed by atoms with Crippen LogP contribution in [0.3, 0.4) is 0 Å². The number of para-hydroxylation sites is 1. The Labute approximate surface area is 121 Å². The Kier molecular flexibility index (Phi) is 6.54. The second-order valence-electron chi connectivity index (χ2n) is 4.12. The standard InChI is InChI=1S/C13H17FN2O5/c1-3-15-10(13(17)20-2)7-8-21-12-9(14)5-4-6-11(12)16(18)19/h4-6,10,15H,3,7-8H2,1-2H3. The van der Waals surface area contributed by atoms with E-state index >= 15 is 0 Å². The average Bonchev–Trinajstić information content (AvgIpc) is 2.46. The molecule has 0 aliphatic rings. The molecule has 1 atom stereocenters. The molecule has 0 saturated heterocycles. The molecule has 21 heavy (non-hydrogen) atoms. The maximum Gasteiger partial charge on any atom is 0.322 e. The molecule has 1 N–H and O–H groups in total. The maximum atomic E-state index is 13.6. The number of nitro benzene ring substituents is 1. The molecule has 0 bridgehead atoms. The second kappa shape index (κ2) is 8.15. The van der Waals surface area contributed by atoms with Crippen molar-refractivity contribution in [2.24, 2.45) is 0 Å². The fourth-order valence-electron chi connectivity index (χ4n) is 1.75. The minimum absolute atomic E-state index is 0.0610. The van der Waals surface area contributed by atoms with E-state index in [0.717, 1.165) is 12.1 Å². The van der Waals surface area contributed by atoms with Gasteiger partial charge in [0.1, 0.15) is 6.04 Å². The third kappa shape index (κ3) is 4.67. The van der Waals surface area contributed by atoms with Crippen LogP contribution in [0.4, 0.5) is 10.1 Å². The first kappa shape index (κ1) is 16.8. The highest BCUT2D eigenvalue weighted by molar-refractivity contribution is 5.75. The van der Waals surface area contributed by atoms with Gasteiger partial charge < -0.3 is 14.8 Å². The van der Waals surface area contributed by atoms with Gasteiger partial charge in [-0.2, -0.15) is 0 Å². The summed E-state index contributed by atoms with van der Waals surface area (Å²) in [6.45, 7) is 2.30. The summed E-state index contributed by atoms with van der Waals surface area (Å²) in [7, 11) is 1.26. The molecule has 1 rings (SSSR count). The van der Waals surface area contributed by atoms with Crippen LogP contribution in [-0.4, -0.2) is 37.2 Å². The Bertz CT molecular complexity index is 509. The molecule has 0 saturated carbocycles. The highest BCUT2D eigenvalue weighted by Gasteiger charge is 2.22. The number of hydrogen-bond acceptors (Lipinski definition) is 6. The predicted octanol–water partition coefficient (Wildman–Crippen LogP) is 1.65. The van der Waals surface area contributed by atoms with Crippen molar-refractivity contribution < 1.29 is 23.6 Å². The highest BCUT2D eigenvalue weighted by atomic mass is 19.1. The number of nitro groups is 1. The third-order valence-electron chi connectivity index (χ3n) is 2.73. The Morgan fingerprint density at radius 1 is 1.52 bits per heavy atom. The number of hydrogen-bond donors (Lipinski definition) is 1. The lowest BCUT2D eigenvalue weighted by Crippen LogP contribution is -2.38. The zero-order valence-corrected chi connectivity index (χ0v) is 11.8. The number of carbonyl (C=O) groups is 1. The normalized spacial score (nSPS) is 11.8. The summed E-state index contributed by atoms with van der Waals surface area (Å²) in [5.74, 6) is -1.71. The van der Waals surface area contributed by atoms with Gasteiger partial charge in [0, 0.05) is 12.5 Å². The number of likely N-dealkylation sites (N-methyl/N-ethyl adjacent to an activating group) is 1. The molecular formula is C13H17FN2O5. The van der Waals surface area contributed by atoms with Crippen molar-refractivity contribution in [1.29, 1.82) is 0 Å². The van der Waals surface area contributed by atoms with Crippen molar-refractivity contribution in [3.05, 3.63) is 34.1 Å². The van der Waals surface area contributed by atoms with Crippen molar-refractivity contribution >= 4 is 11.7 Å². The number of nitrogens with one attached hydrogen (secondary N) is 1. The van der Waals surface area contributed by atoms with E-state index < -0.39 is 34.2 Å². The Morgan fingerprint density at radius 3 is 2.81 bits per heavy atom. The first-order valence-corrected chi connectivity index (χ1v) is 6.38. The number of carbonyl (C=O) groups excluding carboxylic acids is 1. The molecule has 1 aromatic carbocycles. The topological polar surface area (TPSA) is 90.7 Å². The zero-order valence-electron chi connectivity index (χ0n) is 11.8. The van der Waals surface area contributed by atoms with Gasteiger partial charge in [0.2, 0.25) is 5.75 Å². The number of nitrogens with zero attached hydrogens (tertiary/aromatic N) is 1. The van der Waals surface area contributed by atoms with Gasteiger partial charge in [-0.25, -0.2) is 4.39 Å². The lowest BCUT2D eigenvalue weighted by Gasteiger charge is -2.15. The monoisotopic (exact) mass is 300 g/mol. The number of methoxy groups -OCH3 is 1. The quantitative estimate of drug-likeness (QED) is 0.446. The van der Waals surface area contributed by atoms with Gasteiger partial charge in [0.05, 0.1) is 18.6 Å². The third-order valence-corrected chi connectivity index (χ3v) is 2.73. The Hall–Kier alpha value is -2.22. The van der Waals surface area contributed by atoms with E-state index in [-0.39, 0.29) is 13.0 Å². The largest absolute Gasteiger partial charge is 0.485 e. The minimum Gasteiger partial charge on any atom is -0.485 e. The van der Waals surface area contributed by atoms with Crippen molar-refractivity contribution in [1.82, 2.24) is 5.32 Å². The average molecular weight is 300 g/mol. The molecule has 0 aliphatic carbocycles. The van der Waals surface area contributed by atoms with Gasteiger partial charge in [0.15, 0.2) is 5.82 Å². The van der Waals surface area contributed by atoms with Crippen molar-refractivity contribution in [2.75, 3.05) is 20.3 Å². The molecule has 1 unspecified atom stereocenters. The van der Waals surface area contributed by atoms with Crippen molar-refractivity contribution in [3.8, 4) is 5.75 Å². The van der Waals surface area contributed by atoms with Crippen LogP contribution in [0.25, 0.3) is 0 Å². The predicted molar refractivity (Wildman–Crippen MR) is 72.6 cm³/mol. The van der Waals surface area contributed by atoms with Gasteiger partial charge >= 0.3 is 11.7 Å². The van der Waals surface area contributed by atoms with E-state index in [9.17, 15) is 19.3 Å². The second-order valence-corrected chi connectivity index (χ2v) is 4.12. The van der Waals surface area contributed by atoms with E-state index in [2.05, 4.69) is 10.1 Å². The smallest absolute Gasteiger partial charge is 0.322 e. The fraction of sp³-hybridized carbons (Fsp3) is 0.462.